The third-order valence-corrected chi connectivity index (χ3v) is 4.76. The molecule has 2 aromatic carbocycles. The number of hydrogen-bond donors (Lipinski definition) is 0. The van der Waals surface area contributed by atoms with Gasteiger partial charge in [-0.3, -0.25) is 20.2 Å². The van der Waals surface area contributed by atoms with Crippen molar-refractivity contribution in [2.45, 2.75) is 0 Å². The summed E-state index contributed by atoms with van der Waals surface area (Å²) in [6.45, 7) is 0. The molecule has 0 aliphatic rings. The number of nitrogens with zero attached hydrogens (tertiary/aromatic N) is 4. The van der Waals surface area contributed by atoms with E-state index >= 15 is 0 Å². The van der Waals surface area contributed by atoms with Crippen molar-refractivity contribution in [2.24, 2.45) is 0 Å². The standard InChI is InChI=1S/C20H12N4O4S/c21-12-16(8-3-6-14-5-1-2-10-19(14)24(27)28)20-22-18(13-29-20)15-7-4-9-17(11-15)23(25)26/h1-11,13H. The summed E-state index contributed by atoms with van der Waals surface area (Å²) in [6.07, 6.45) is 4.62. The molecule has 0 spiro atoms. The van der Waals surface area contributed by atoms with Gasteiger partial charge in [-0.1, -0.05) is 30.3 Å². The minimum Gasteiger partial charge on any atom is -0.258 e. The maximum absolute atomic E-state index is 11.1. The Morgan fingerprint density at radius 2 is 1.90 bits per heavy atom. The van der Waals surface area contributed by atoms with Gasteiger partial charge < -0.3 is 0 Å². The maximum atomic E-state index is 11.1. The molecule has 0 atom stereocenters. The lowest BCUT2D eigenvalue weighted by Crippen LogP contribution is -1.90. The molecule has 29 heavy (non-hydrogen) atoms. The molecule has 0 amide bonds. The summed E-state index contributed by atoms with van der Waals surface area (Å²) in [4.78, 5) is 25.4. The summed E-state index contributed by atoms with van der Waals surface area (Å²) in [7, 11) is 0. The second kappa shape index (κ2) is 8.69. The average Bonchev–Trinajstić information content (AvgIpc) is 3.21. The van der Waals surface area contributed by atoms with Crippen molar-refractivity contribution in [3.63, 3.8) is 0 Å². The monoisotopic (exact) mass is 404 g/mol. The number of thiazole rings is 1. The Labute approximate surface area is 169 Å². The number of nitro groups is 2. The zero-order valence-electron chi connectivity index (χ0n) is 14.8. The molecule has 0 aliphatic carbocycles. The van der Waals surface area contributed by atoms with Crippen LogP contribution in [0.2, 0.25) is 0 Å². The van der Waals surface area contributed by atoms with Crippen molar-refractivity contribution >= 4 is 34.4 Å². The first-order valence-electron chi connectivity index (χ1n) is 8.22. The summed E-state index contributed by atoms with van der Waals surface area (Å²) in [5.41, 5.74) is 1.73. The largest absolute Gasteiger partial charge is 0.276 e. The molecule has 142 valence electrons. The Hall–Kier alpha value is -4.16. The van der Waals surface area contributed by atoms with Gasteiger partial charge in [0, 0.05) is 29.1 Å². The molecule has 0 unspecified atom stereocenters. The Morgan fingerprint density at radius 1 is 1.10 bits per heavy atom. The molecule has 0 saturated carbocycles. The number of non-ortho nitro benzene ring substituents is 1. The van der Waals surface area contributed by atoms with Crippen LogP contribution < -0.4 is 0 Å². The Morgan fingerprint density at radius 3 is 2.62 bits per heavy atom. The lowest BCUT2D eigenvalue weighted by molar-refractivity contribution is -0.385. The lowest BCUT2D eigenvalue weighted by atomic mass is 10.1. The molecular formula is C20H12N4O4S. The summed E-state index contributed by atoms with van der Waals surface area (Å²) >= 11 is 1.23. The van der Waals surface area contributed by atoms with Crippen molar-refractivity contribution in [3.05, 3.63) is 96.9 Å². The highest BCUT2D eigenvalue weighted by atomic mass is 32.1. The maximum Gasteiger partial charge on any atom is 0.276 e. The highest BCUT2D eigenvalue weighted by molar-refractivity contribution is 7.11. The van der Waals surface area contributed by atoms with Gasteiger partial charge in [-0.2, -0.15) is 5.26 Å². The average molecular weight is 404 g/mol. The number of nitriles is 1. The number of para-hydroxylation sites is 1. The van der Waals surface area contributed by atoms with Crippen LogP contribution in [0.3, 0.4) is 0 Å². The summed E-state index contributed by atoms with van der Waals surface area (Å²) in [5, 5.41) is 33.6. The normalized spacial score (nSPS) is 11.3. The Bertz CT molecular complexity index is 1190. The van der Waals surface area contributed by atoms with E-state index < -0.39 is 9.85 Å². The van der Waals surface area contributed by atoms with Gasteiger partial charge in [0.05, 0.1) is 26.7 Å². The molecule has 0 bridgehead atoms. The summed E-state index contributed by atoms with van der Waals surface area (Å²) in [6, 6.07) is 14.4. The van der Waals surface area contributed by atoms with Gasteiger partial charge in [0.15, 0.2) is 0 Å². The number of allylic oxidation sites excluding steroid dienone is 3. The van der Waals surface area contributed by atoms with Gasteiger partial charge in [-0.05, 0) is 18.2 Å². The van der Waals surface area contributed by atoms with E-state index in [-0.39, 0.29) is 16.9 Å². The van der Waals surface area contributed by atoms with E-state index in [2.05, 4.69) is 11.1 Å². The SMILES string of the molecule is N#CC(=CC=Cc1ccccc1[N+](=O)[O-])c1nc(-c2cccc([N+](=O)[O-])c2)cs1. The third kappa shape index (κ3) is 4.58. The second-order valence-corrected chi connectivity index (χ2v) is 6.57. The third-order valence-electron chi connectivity index (χ3n) is 3.88. The minimum absolute atomic E-state index is 0.0298. The van der Waals surface area contributed by atoms with Crippen LogP contribution >= 0.6 is 11.3 Å². The van der Waals surface area contributed by atoms with Gasteiger partial charge in [0.25, 0.3) is 11.4 Å². The van der Waals surface area contributed by atoms with Crippen molar-refractivity contribution in [1.82, 2.24) is 4.98 Å². The van der Waals surface area contributed by atoms with Crippen molar-refractivity contribution in [1.29, 1.82) is 5.26 Å². The first kappa shape index (κ1) is 19.6. The number of aromatic nitrogens is 1. The molecule has 1 heterocycles. The molecule has 3 rings (SSSR count). The Balaban J connectivity index is 1.87. The van der Waals surface area contributed by atoms with Crippen LogP contribution in [-0.4, -0.2) is 14.8 Å². The van der Waals surface area contributed by atoms with E-state index in [1.807, 2.05) is 0 Å². The zero-order chi connectivity index (χ0) is 20.8. The van der Waals surface area contributed by atoms with E-state index in [0.29, 0.717) is 21.8 Å². The highest BCUT2D eigenvalue weighted by Crippen LogP contribution is 2.28. The predicted octanol–water partition coefficient (Wildman–Crippen LogP) is 5.25. The zero-order valence-corrected chi connectivity index (χ0v) is 15.6. The first-order chi connectivity index (χ1) is 14.0. The van der Waals surface area contributed by atoms with Crippen LogP contribution in [0.4, 0.5) is 11.4 Å². The molecular weight excluding hydrogens is 392 g/mol. The van der Waals surface area contributed by atoms with Gasteiger partial charge in [-0.15, -0.1) is 11.3 Å². The fourth-order valence-electron chi connectivity index (χ4n) is 2.51. The van der Waals surface area contributed by atoms with E-state index in [1.54, 1.807) is 47.9 Å². The molecule has 8 nitrogen and oxygen atoms in total. The number of hydrogen-bond acceptors (Lipinski definition) is 7. The van der Waals surface area contributed by atoms with Crippen molar-refractivity contribution < 1.29 is 9.85 Å². The minimum atomic E-state index is -0.481. The van der Waals surface area contributed by atoms with Gasteiger partial charge >= 0.3 is 0 Å². The summed E-state index contributed by atoms with van der Waals surface area (Å²) < 4.78 is 0. The molecule has 0 radical (unpaired) electrons. The van der Waals surface area contributed by atoms with E-state index in [0.717, 1.165) is 0 Å². The predicted molar refractivity (Wildman–Crippen MR) is 110 cm³/mol. The van der Waals surface area contributed by atoms with Gasteiger partial charge in [0.2, 0.25) is 0 Å². The van der Waals surface area contributed by atoms with Gasteiger partial charge in [-0.25, -0.2) is 4.98 Å². The van der Waals surface area contributed by atoms with Gasteiger partial charge in [0.1, 0.15) is 11.1 Å². The smallest absolute Gasteiger partial charge is 0.258 e. The first-order valence-corrected chi connectivity index (χ1v) is 9.10. The lowest BCUT2D eigenvalue weighted by Gasteiger charge is -1.97. The van der Waals surface area contributed by atoms with Crippen LogP contribution in [0.15, 0.2) is 66.1 Å². The topological polar surface area (TPSA) is 123 Å². The number of benzene rings is 2. The quantitative estimate of drug-likeness (QED) is 0.239. The van der Waals surface area contributed by atoms with E-state index in [4.69, 9.17) is 0 Å². The molecule has 0 N–H and O–H groups in total. The molecule has 0 aliphatic heterocycles. The molecule has 9 heteroatoms. The van der Waals surface area contributed by atoms with E-state index in [9.17, 15) is 25.5 Å². The van der Waals surface area contributed by atoms with Crippen LogP contribution in [-0.2, 0) is 0 Å². The Kier molecular flexibility index (Phi) is 5.87. The molecule has 0 fully saturated rings. The number of nitro benzene ring substituents is 2. The molecule has 3 aromatic rings. The second-order valence-electron chi connectivity index (χ2n) is 5.71. The van der Waals surface area contributed by atoms with Crippen molar-refractivity contribution in [3.8, 4) is 17.3 Å². The molecule has 1 aromatic heterocycles. The van der Waals surface area contributed by atoms with Crippen molar-refractivity contribution in [2.75, 3.05) is 0 Å². The van der Waals surface area contributed by atoms with Crippen LogP contribution in [0.25, 0.3) is 22.9 Å². The summed E-state index contributed by atoms with van der Waals surface area (Å²) in [5.74, 6) is 0. The van der Waals surface area contributed by atoms with E-state index in [1.165, 1.54) is 35.6 Å². The fraction of sp³-hybridized carbons (Fsp3) is 0. The fourth-order valence-corrected chi connectivity index (χ4v) is 3.31. The van der Waals surface area contributed by atoms with Crippen LogP contribution in [0.1, 0.15) is 10.6 Å². The number of rotatable bonds is 6. The van der Waals surface area contributed by atoms with Crippen LogP contribution in [0, 0.1) is 31.6 Å². The molecule has 0 saturated heterocycles. The highest BCUT2D eigenvalue weighted by Gasteiger charge is 2.12. The van der Waals surface area contributed by atoms with Crippen LogP contribution in [0.5, 0.6) is 0 Å².